The van der Waals surface area contributed by atoms with Gasteiger partial charge in [0, 0.05) is 0 Å². The van der Waals surface area contributed by atoms with Crippen molar-refractivity contribution in [1.82, 2.24) is 10.2 Å². The Morgan fingerprint density at radius 3 is 1.86 bits per heavy atom. The molecule has 0 aromatic heterocycles. The monoisotopic (exact) mass is 138 g/mol. The maximum atomic E-state index is 9.52. The second kappa shape index (κ2) is 6.12. The molecule has 0 rings (SSSR count). The maximum absolute atomic E-state index is 9.52. The summed E-state index contributed by atoms with van der Waals surface area (Å²) in [5.41, 5.74) is 0. The van der Waals surface area contributed by atoms with Gasteiger partial charge in [0.25, 0.3) is 0 Å². The molecule has 0 amide bonds. The molecule has 0 aromatic rings. The van der Waals surface area contributed by atoms with Crippen molar-refractivity contribution < 1.29 is 9.13 Å². The maximum Gasteiger partial charge on any atom is 0.247 e. The minimum absolute atomic E-state index is 0.151. The topological polar surface area (TPSA) is 58.2 Å². The fourth-order valence-electron chi connectivity index (χ4n) is 0.0999. The van der Waals surface area contributed by atoms with Crippen molar-refractivity contribution in [2.45, 2.75) is 0 Å². The average molecular weight is 138 g/mol. The Morgan fingerprint density at radius 1 is 1.14 bits per heavy atom. The van der Waals surface area contributed by atoms with Crippen molar-refractivity contribution in [3.05, 3.63) is 0 Å². The number of hydrogen-bond donors (Lipinski definition) is 2. The molecule has 4 nitrogen and oxygen atoms in total. The summed E-state index contributed by atoms with van der Waals surface area (Å²) in [6.07, 6.45) is 0. The molecule has 0 saturated heterocycles. The summed E-state index contributed by atoms with van der Waals surface area (Å²) < 4.78 is 19.0. The van der Waals surface area contributed by atoms with Gasteiger partial charge in [0.1, 0.15) is 0 Å². The smallest absolute Gasteiger partial charge is 0.247 e. The van der Waals surface area contributed by atoms with Crippen LogP contribution in [0.3, 0.4) is 0 Å². The molecule has 0 radical (unpaired) electrons. The molecule has 0 fully saturated rings. The van der Waals surface area contributed by atoms with Crippen LogP contribution in [0.4, 0.5) is 0 Å². The van der Waals surface area contributed by atoms with E-state index in [-0.39, 0.29) is 23.9 Å². The number of nitrogens with one attached hydrogen (secondary N) is 2. The zero-order valence-electron chi connectivity index (χ0n) is 3.42. The van der Waals surface area contributed by atoms with E-state index in [4.69, 9.17) is 0 Å². The van der Waals surface area contributed by atoms with Gasteiger partial charge in [0.05, 0.1) is 6.67 Å². The highest BCUT2D eigenvalue weighted by Crippen LogP contribution is 1.79. The molecule has 2 N–H and O–H groups in total. The van der Waals surface area contributed by atoms with Crippen LogP contribution in [-0.4, -0.2) is 6.67 Å². The van der Waals surface area contributed by atoms with Crippen molar-refractivity contribution in [2.75, 3.05) is 6.67 Å². The van der Waals surface area contributed by atoms with Gasteiger partial charge in [-0.2, -0.15) is 0 Å². The molecular formula is CH4N2O2P2. The summed E-state index contributed by atoms with van der Waals surface area (Å²) in [7, 11) is -0.302. The largest absolute Gasteiger partial charge is 0.256 e. The van der Waals surface area contributed by atoms with Gasteiger partial charge in [-0.3, -0.25) is 9.13 Å². The highest BCUT2D eigenvalue weighted by molar-refractivity contribution is 7.22. The van der Waals surface area contributed by atoms with Crippen LogP contribution >= 0.6 is 17.2 Å². The fraction of sp³-hybridized carbons (Fsp3) is 1.00. The van der Waals surface area contributed by atoms with E-state index in [1.807, 2.05) is 0 Å². The predicted molar refractivity (Wildman–Crippen MR) is 26.4 cm³/mol. The van der Waals surface area contributed by atoms with E-state index in [0.717, 1.165) is 0 Å². The molecule has 0 aromatic carbocycles. The first kappa shape index (κ1) is 7.12. The zero-order valence-corrected chi connectivity index (χ0v) is 5.21. The van der Waals surface area contributed by atoms with Crippen LogP contribution in [0.15, 0.2) is 0 Å². The molecule has 6 heteroatoms. The quantitative estimate of drug-likeness (QED) is 0.338. The Morgan fingerprint density at radius 2 is 1.57 bits per heavy atom. The molecule has 0 spiro atoms. The van der Waals surface area contributed by atoms with Crippen molar-refractivity contribution in [3.63, 3.8) is 0 Å². The first-order valence-electron chi connectivity index (χ1n) is 1.52. The second-order valence-electron chi connectivity index (χ2n) is 0.676. The van der Waals surface area contributed by atoms with E-state index in [2.05, 4.69) is 10.2 Å². The van der Waals surface area contributed by atoms with Gasteiger partial charge in [0.15, 0.2) is 0 Å². The highest BCUT2D eigenvalue weighted by atomic mass is 31.1. The minimum Gasteiger partial charge on any atom is -0.256 e. The number of rotatable bonds is 4. The summed E-state index contributed by atoms with van der Waals surface area (Å²) in [6, 6.07) is 0. The van der Waals surface area contributed by atoms with Crippen LogP contribution in [0, 0.1) is 0 Å². The lowest BCUT2D eigenvalue weighted by atomic mass is 11.3. The van der Waals surface area contributed by atoms with Gasteiger partial charge in [0.2, 0.25) is 17.2 Å². The summed E-state index contributed by atoms with van der Waals surface area (Å²) in [5, 5.41) is 4.70. The Kier molecular flexibility index (Phi) is 6.22. The summed E-state index contributed by atoms with van der Waals surface area (Å²) in [6.45, 7) is 0.288. The summed E-state index contributed by atoms with van der Waals surface area (Å²) in [4.78, 5) is 0. The summed E-state index contributed by atoms with van der Waals surface area (Å²) in [5.74, 6) is 0. The Bertz CT molecular complexity index is 58.7. The predicted octanol–water partition coefficient (Wildman–Crippen LogP) is 0.536. The first-order valence-corrected chi connectivity index (χ1v) is 3.14. The molecule has 0 aliphatic heterocycles. The molecule has 0 saturated carbocycles. The van der Waals surface area contributed by atoms with Crippen LogP contribution in [0.25, 0.3) is 0 Å². The molecule has 0 atom stereocenters. The Balaban J connectivity index is 2.68. The fourth-order valence-corrected chi connectivity index (χ4v) is 0.512. The van der Waals surface area contributed by atoms with Gasteiger partial charge < -0.3 is 0 Å². The zero-order chi connectivity index (χ0) is 5.54. The van der Waals surface area contributed by atoms with Crippen LogP contribution in [0.2, 0.25) is 0 Å². The lowest BCUT2D eigenvalue weighted by Gasteiger charge is -1.84. The van der Waals surface area contributed by atoms with Gasteiger partial charge >= 0.3 is 0 Å². The van der Waals surface area contributed by atoms with Gasteiger partial charge in [-0.15, -0.1) is 0 Å². The van der Waals surface area contributed by atoms with E-state index < -0.39 is 0 Å². The minimum atomic E-state index is -0.151. The molecule has 0 aliphatic carbocycles. The van der Waals surface area contributed by atoms with E-state index in [1.54, 1.807) is 0 Å². The lowest BCUT2D eigenvalue weighted by molar-refractivity contribution is 0.584. The summed E-state index contributed by atoms with van der Waals surface area (Å²) >= 11 is 0. The van der Waals surface area contributed by atoms with Crippen molar-refractivity contribution >= 4 is 17.2 Å². The van der Waals surface area contributed by atoms with Crippen LogP contribution in [0.5, 0.6) is 0 Å². The van der Waals surface area contributed by atoms with Crippen LogP contribution in [0.1, 0.15) is 0 Å². The van der Waals surface area contributed by atoms with Crippen molar-refractivity contribution in [3.8, 4) is 0 Å². The van der Waals surface area contributed by atoms with E-state index >= 15 is 0 Å². The molecule has 0 heterocycles. The first-order chi connectivity index (χ1) is 3.41. The normalized spacial score (nSPS) is 10.3. The molecule has 7 heavy (non-hydrogen) atoms. The third-order valence-corrected chi connectivity index (χ3v) is 0.862. The molecule has 0 aliphatic rings. The van der Waals surface area contributed by atoms with E-state index in [1.165, 1.54) is 0 Å². The van der Waals surface area contributed by atoms with E-state index in [0.29, 0.717) is 0 Å². The third kappa shape index (κ3) is 6.12. The van der Waals surface area contributed by atoms with Crippen LogP contribution in [-0.2, 0) is 9.13 Å². The molecule has 40 valence electrons. The highest BCUT2D eigenvalue weighted by Gasteiger charge is 1.76. The molecular weight excluding hydrogens is 134 g/mol. The second-order valence-corrected chi connectivity index (χ2v) is 1.67. The standard InChI is InChI=1S/CH4N2O2P2/c4-6-2-1-3-7-5/h1H2,(H,2,4)(H,3,5). The molecule has 0 bridgehead atoms. The van der Waals surface area contributed by atoms with Gasteiger partial charge in [-0.05, 0) is 0 Å². The lowest BCUT2D eigenvalue weighted by Crippen LogP contribution is -2.12. The van der Waals surface area contributed by atoms with E-state index in [9.17, 15) is 9.13 Å². The van der Waals surface area contributed by atoms with Gasteiger partial charge in [-0.1, -0.05) is 0 Å². The molecule has 0 unspecified atom stereocenters. The Hall–Kier alpha value is 0.120. The average Bonchev–Trinajstić information content (AvgIpc) is 1.69. The Labute approximate surface area is 44.2 Å². The van der Waals surface area contributed by atoms with Crippen molar-refractivity contribution in [1.29, 1.82) is 0 Å². The van der Waals surface area contributed by atoms with Crippen LogP contribution < -0.4 is 10.2 Å². The SMILES string of the molecule is O=PNCNP=O. The number of hydrogen-bond acceptors (Lipinski definition) is 2. The van der Waals surface area contributed by atoms with Crippen molar-refractivity contribution in [2.24, 2.45) is 0 Å². The third-order valence-electron chi connectivity index (χ3n) is 0.287. The van der Waals surface area contributed by atoms with Gasteiger partial charge in [-0.25, -0.2) is 10.2 Å².